The molecule has 0 saturated heterocycles. The summed E-state index contributed by atoms with van der Waals surface area (Å²) in [6.07, 6.45) is 6.42. The topological polar surface area (TPSA) is 72.2 Å². The Bertz CT molecular complexity index is 581. The van der Waals surface area contributed by atoms with Gasteiger partial charge in [-0.2, -0.15) is 0 Å². The molecule has 0 atom stereocenters. The Morgan fingerprint density at radius 1 is 1.29 bits per heavy atom. The minimum atomic E-state index is -3.57. The largest absolute Gasteiger partial charge is 0.399 e. The fourth-order valence-electron chi connectivity index (χ4n) is 3.00. The minimum absolute atomic E-state index is 0.0109. The normalized spacial score (nSPS) is 23.1. The predicted molar refractivity (Wildman–Crippen MR) is 86.8 cm³/mol. The van der Waals surface area contributed by atoms with Crippen LogP contribution in [0.3, 0.4) is 0 Å². The molecule has 1 fully saturated rings. The molecule has 1 aliphatic carbocycles. The van der Waals surface area contributed by atoms with Gasteiger partial charge in [0.25, 0.3) is 0 Å². The van der Waals surface area contributed by atoms with Gasteiger partial charge in [0.2, 0.25) is 10.0 Å². The highest BCUT2D eigenvalue weighted by molar-refractivity contribution is 7.89. The first kappa shape index (κ1) is 16.6. The second-order valence-corrected chi connectivity index (χ2v) is 7.91. The lowest BCUT2D eigenvalue weighted by atomic mass is 9.84. The molecule has 3 N–H and O–H groups in total. The van der Waals surface area contributed by atoms with E-state index in [0.717, 1.165) is 31.6 Å². The van der Waals surface area contributed by atoms with Gasteiger partial charge >= 0.3 is 0 Å². The van der Waals surface area contributed by atoms with E-state index in [2.05, 4.69) is 11.6 Å². The highest BCUT2D eigenvalue weighted by Crippen LogP contribution is 2.29. The predicted octanol–water partition coefficient (Wildman–Crippen LogP) is 3.56. The highest BCUT2D eigenvalue weighted by Gasteiger charge is 2.26. The zero-order chi connectivity index (χ0) is 15.5. The van der Waals surface area contributed by atoms with Crippen LogP contribution in [-0.4, -0.2) is 14.5 Å². The zero-order valence-electron chi connectivity index (χ0n) is 12.3. The number of nitrogen functional groups attached to an aromatic ring is 1. The number of hydrogen-bond acceptors (Lipinski definition) is 3. The number of sulfonamides is 1. The van der Waals surface area contributed by atoms with Crippen molar-refractivity contribution in [3.8, 4) is 0 Å². The lowest BCUT2D eigenvalue weighted by molar-refractivity contribution is 0.297. The number of benzene rings is 1. The van der Waals surface area contributed by atoms with Crippen molar-refractivity contribution in [1.82, 2.24) is 4.72 Å². The Labute approximate surface area is 132 Å². The van der Waals surface area contributed by atoms with Gasteiger partial charge in [-0.15, -0.1) is 0 Å². The Morgan fingerprint density at radius 2 is 1.95 bits per heavy atom. The number of rotatable bonds is 5. The van der Waals surface area contributed by atoms with E-state index in [4.69, 9.17) is 17.3 Å². The second-order valence-electron chi connectivity index (χ2n) is 5.82. The molecule has 118 valence electrons. The summed E-state index contributed by atoms with van der Waals surface area (Å²) in [5, 5.41) is 0.169. The molecule has 0 aromatic heterocycles. The average Bonchev–Trinajstić information content (AvgIpc) is 2.40. The van der Waals surface area contributed by atoms with Crippen molar-refractivity contribution in [1.29, 1.82) is 0 Å². The third kappa shape index (κ3) is 4.34. The van der Waals surface area contributed by atoms with Gasteiger partial charge in [0.1, 0.15) is 4.90 Å². The van der Waals surface area contributed by atoms with Crippen LogP contribution in [0.15, 0.2) is 23.1 Å². The van der Waals surface area contributed by atoms with Crippen molar-refractivity contribution in [2.75, 3.05) is 5.73 Å². The van der Waals surface area contributed by atoms with Crippen LogP contribution in [0, 0.1) is 5.92 Å². The maximum atomic E-state index is 12.4. The van der Waals surface area contributed by atoms with Gasteiger partial charge in [-0.3, -0.25) is 0 Å². The van der Waals surface area contributed by atoms with E-state index in [-0.39, 0.29) is 16.0 Å². The van der Waals surface area contributed by atoms with Crippen LogP contribution in [-0.2, 0) is 10.0 Å². The highest BCUT2D eigenvalue weighted by atomic mass is 35.5. The number of halogens is 1. The van der Waals surface area contributed by atoms with Crippen molar-refractivity contribution >= 4 is 27.3 Å². The fraction of sp³-hybridized carbons (Fsp3) is 0.600. The van der Waals surface area contributed by atoms with Crippen LogP contribution < -0.4 is 10.5 Å². The summed E-state index contributed by atoms with van der Waals surface area (Å²) in [5.41, 5.74) is 6.06. The van der Waals surface area contributed by atoms with Crippen LogP contribution in [0.4, 0.5) is 5.69 Å². The van der Waals surface area contributed by atoms with Gasteiger partial charge < -0.3 is 5.73 Å². The van der Waals surface area contributed by atoms with Crippen LogP contribution in [0.2, 0.25) is 5.02 Å². The molecule has 0 spiro atoms. The van der Waals surface area contributed by atoms with Crippen LogP contribution in [0.5, 0.6) is 0 Å². The fourth-order valence-corrected chi connectivity index (χ4v) is 4.85. The van der Waals surface area contributed by atoms with Crippen LogP contribution in [0.25, 0.3) is 0 Å². The summed E-state index contributed by atoms with van der Waals surface area (Å²) in [5.74, 6) is 0.746. The van der Waals surface area contributed by atoms with Crippen molar-refractivity contribution in [3.63, 3.8) is 0 Å². The van der Waals surface area contributed by atoms with E-state index >= 15 is 0 Å². The van der Waals surface area contributed by atoms with Gasteiger partial charge in [-0.1, -0.05) is 31.4 Å². The summed E-state index contributed by atoms with van der Waals surface area (Å²) in [6, 6.07) is 4.49. The summed E-state index contributed by atoms with van der Waals surface area (Å²) < 4.78 is 27.6. The quantitative estimate of drug-likeness (QED) is 0.811. The van der Waals surface area contributed by atoms with Crippen molar-refractivity contribution in [2.24, 2.45) is 5.92 Å². The molecule has 1 saturated carbocycles. The Hall–Kier alpha value is -0.780. The molecule has 1 aliphatic rings. The molecule has 4 nitrogen and oxygen atoms in total. The van der Waals surface area contributed by atoms with E-state index in [0.29, 0.717) is 5.69 Å². The maximum Gasteiger partial charge on any atom is 0.242 e. The van der Waals surface area contributed by atoms with E-state index in [9.17, 15) is 8.42 Å². The average molecular weight is 331 g/mol. The third-order valence-electron chi connectivity index (χ3n) is 4.11. The van der Waals surface area contributed by atoms with E-state index in [1.807, 2.05) is 0 Å². The first-order valence-electron chi connectivity index (χ1n) is 7.49. The molecule has 0 amide bonds. The molecule has 0 unspecified atom stereocenters. The molecule has 0 heterocycles. The first-order valence-corrected chi connectivity index (χ1v) is 9.36. The smallest absolute Gasteiger partial charge is 0.242 e. The Balaban J connectivity index is 2.02. The van der Waals surface area contributed by atoms with Gasteiger partial charge in [-0.05, 0) is 49.8 Å². The summed E-state index contributed by atoms with van der Waals surface area (Å²) in [6.45, 7) is 2.19. The lowest BCUT2D eigenvalue weighted by Crippen LogP contribution is -2.37. The molecule has 0 bridgehead atoms. The minimum Gasteiger partial charge on any atom is -0.399 e. The van der Waals surface area contributed by atoms with E-state index in [1.54, 1.807) is 6.07 Å². The van der Waals surface area contributed by atoms with Crippen molar-refractivity contribution < 1.29 is 8.42 Å². The SMILES string of the molecule is CCCC1CCC(NS(=O)(=O)c2ccc(N)cc2Cl)CC1. The standard InChI is InChI=1S/C15H23ClN2O2S/c1-2-3-11-4-7-13(8-5-11)18-21(19,20)15-9-6-12(17)10-14(15)16/h6,9-11,13,18H,2-5,7-8,17H2,1H3. The monoisotopic (exact) mass is 330 g/mol. The van der Waals surface area contributed by atoms with Gasteiger partial charge in [0, 0.05) is 11.7 Å². The summed E-state index contributed by atoms with van der Waals surface area (Å²) in [4.78, 5) is 0.106. The zero-order valence-corrected chi connectivity index (χ0v) is 13.9. The van der Waals surface area contributed by atoms with Gasteiger partial charge in [0.15, 0.2) is 0 Å². The molecule has 1 aromatic rings. The molecule has 2 rings (SSSR count). The number of nitrogens with two attached hydrogens (primary N) is 1. The van der Waals surface area contributed by atoms with Crippen LogP contribution in [0.1, 0.15) is 45.4 Å². The Morgan fingerprint density at radius 3 is 2.52 bits per heavy atom. The molecular weight excluding hydrogens is 308 g/mol. The molecule has 0 radical (unpaired) electrons. The molecule has 1 aromatic carbocycles. The molecule has 6 heteroatoms. The van der Waals surface area contributed by atoms with E-state index in [1.165, 1.54) is 25.0 Å². The second kappa shape index (κ2) is 6.99. The number of nitrogens with one attached hydrogen (secondary N) is 1. The Kier molecular flexibility index (Phi) is 5.52. The van der Waals surface area contributed by atoms with Crippen LogP contribution >= 0.6 is 11.6 Å². The molecule has 21 heavy (non-hydrogen) atoms. The van der Waals surface area contributed by atoms with Gasteiger partial charge in [-0.25, -0.2) is 13.1 Å². The van der Waals surface area contributed by atoms with E-state index < -0.39 is 10.0 Å². The number of hydrogen-bond donors (Lipinski definition) is 2. The summed E-state index contributed by atoms with van der Waals surface area (Å²) in [7, 11) is -3.57. The lowest BCUT2D eigenvalue weighted by Gasteiger charge is -2.28. The summed E-state index contributed by atoms with van der Waals surface area (Å²) >= 11 is 6.00. The van der Waals surface area contributed by atoms with Gasteiger partial charge in [0.05, 0.1) is 5.02 Å². The molecule has 0 aliphatic heterocycles. The third-order valence-corrected chi connectivity index (χ3v) is 6.11. The number of anilines is 1. The van der Waals surface area contributed by atoms with Crippen molar-refractivity contribution in [2.45, 2.75) is 56.4 Å². The first-order chi connectivity index (χ1) is 9.92. The maximum absolute atomic E-state index is 12.4. The molecular formula is C15H23ClN2O2S. The van der Waals surface area contributed by atoms with Crippen molar-refractivity contribution in [3.05, 3.63) is 23.2 Å².